The monoisotopic (exact) mass is 395 g/mol. The zero-order chi connectivity index (χ0) is 20.6. The Morgan fingerprint density at radius 1 is 1.11 bits per heavy atom. The maximum atomic E-state index is 13.2. The number of aromatic carboxylic acids is 1. The minimum atomic E-state index is -5.02. The highest BCUT2D eigenvalue weighted by molar-refractivity contribution is 5.94. The minimum Gasteiger partial charge on any atom is -0.478 e. The van der Waals surface area contributed by atoms with E-state index in [0.717, 1.165) is 31.3 Å². The first-order valence-electron chi connectivity index (χ1n) is 7.12. The maximum Gasteiger partial charge on any atom is 0.434 e. The van der Waals surface area contributed by atoms with E-state index in [1.54, 1.807) is 0 Å². The maximum absolute atomic E-state index is 13.2. The van der Waals surface area contributed by atoms with E-state index in [2.05, 4.69) is 5.10 Å². The number of aromatic nitrogens is 2. The van der Waals surface area contributed by atoms with Gasteiger partial charge in [0, 0.05) is 12.6 Å². The Kier molecular flexibility index (Phi) is 5.20. The summed E-state index contributed by atoms with van der Waals surface area (Å²) in [5.41, 5.74) is -3.00. The van der Waals surface area contributed by atoms with Crippen LogP contribution in [0.15, 0.2) is 30.5 Å². The van der Waals surface area contributed by atoms with Crippen LogP contribution in [0.5, 0.6) is 0 Å². The topological polar surface area (TPSA) is 75.4 Å². The van der Waals surface area contributed by atoms with Crippen molar-refractivity contribution in [1.82, 2.24) is 14.7 Å². The van der Waals surface area contributed by atoms with Crippen molar-refractivity contribution in [2.24, 2.45) is 0 Å². The quantitative estimate of drug-likeness (QED) is 0.807. The molecule has 2 aromatic rings. The Hall–Kier alpha value is -3.05. The van der Waals surface area contributed by atoms with Gasteiger partial charge < -0.3 is 10.0 Å². The van der Waals surface area contributed by atoms with Gasteiger partial charge in [-0.25, -0.2) is 9.48 Å². The van der Waals surface area contributed by atoms with Gasteiger partial charge in [-0.1, -0.05) is 0 Å². The lowest BCUT2D eigenvalue weighted by Crippen LogP contribution is -2.35. The number of benzene rings is 1. The van der Waals surface area contributed by atoms with Crippen LogP contribution >= 0.6 is 0 Å². The number of carbonyl (C=O) groups is 2. The van der Waals surface area contributed by atoms with Crippen molar-refractivity contribution in [2.45, 2.75) is 12.4 Å². The van der Waals surface area contributed by atoms with E-state index in [9.17, 15) is 35.9 Å². The highest BCUT2D eigenvalue weighted by Gasteiger charge is 2.40. The molecule has 1 N–H and O–H groups in total. The second kappa shape index (κ2) is 6.93. The van der Waals surface area contributed by atoms with Gasteiger partial charge in [0.25, 0.3) is 5.91 Å². The molecule has 0 aliphatic carbocycles. The molecular weight excluding hydrogens is 384 g/mol. The van der Waals surface area contributed by atoms with Crippen molar-refractivity contribution >= 4 is 11.9 Å². The SMILES string of the molecule is CN(CC(F)(F)F)C(=O)c1ccc(-n2ncc(C(=O)O)c2C(F)(F)F)cc1. The van der Waals surface area contributed by atoms with Crippen LogP contribution in [0.1, 0.15) is 26.4 Å². The Balaban J connectivity index is 2.36. The molecular formula is C15H11F6N3O3. The van der Waals surface area contributed by atoms with Crippen LogP contribution in [-0.4, -0.2) is 51.4 Å². The first-order valence-corrected chi connectivity index (χ1v) is 7.12. The van der Waals surface area contributed by atoms with Crippen LogP contribution in [-0.2, 0) is 6.18 Å². The molecule has 6 nitrogen and oxygen atoms in total. The summed E-state index contributed by atoms with van der Waals surface area (Å²) in [7, 11) is 0.929. The van der Waals surface area contributed by atoms with Crippen LogP contribution in [0.2, 0.25) is 0 Å². The minimum absolute atomic E-state index is 0.190. The standard InChI is InChI=1S/C15H11F6N3O3/c1-23(7-14(16,17)18)12(25)8-2-4-9(5-3-8)24-11(15(19,20)21)10(6-22-24)13(26)27/h2-6H,7H2,1H3,(H,26,27). The van der Waals surface area contributed by atoms with E-state index in [0.29, 0.717) is 15.8 Å². The number of rotatable bonds is 4. The molecule has 0 saturated carbocycles. The van der Waals surface area contributed by atoms with E-state index in [1.807, 2.05) is 0 Å². The van der Waals surface area contributed by atoms with Gasteiger partial charge in [0.05, 0.1) is 11.9 Å². The third-order valence-electron chi connectivity index (χ3n) is 3.39. The zero-order valence-corrected chi connectivity index (χ0v) is 13.5. The summed E-state index contributed by atoms with van der Waals surface area (Å²) < 4.78 is 76.8. The number of amides is 1. The fourth-order valence-corrected chi connectivity index (χ4v) is 2.28. The molecule has 0 atom stereocenters. The molecule has 0 spiro atoms. The third-order valence-corrected chi connectivity index (χ3v) is 3.39. The van der Waals surface area contributed by atoms with E-state index >= 15 is 0 Å². The summed E-state index contributed by atoms with van der Waals surface area (Å²) in [6, 6.07) is 4.07. The predicted octanol–water partition coefficient (Wildman–Crippen LogP) is 3.22. The smallest absolute Gasteiger partial charge is 0.434 e. The number of alkyl halides is 6. The second-order valence-corrected chi connectivity index (χ2v) is 5.44. The molecule has 1 aromatic carbocycles. The lowest BCUT2D eigenvalue weighted by atomic mass is 10.1. The Morgan fingerprint density at radius 2 is 1.67 bits per heavy atom. The zero-order valence-electron chi connectivity index (χ0n) is 13.5. The Morgan fingerprint density at radius 3 is 2.11 bits per heavy atom. The van der Waals surface area contributed by atoms with Gasteiger partial charge in [0.2, 0.25) is 0 Å². The van der Waals surface area contributed by atoms with Gasteiger partial charge in [0.15, 0.2) is 5.69 Å². The first-order chi connectivity index (χ1) is 12.3. The lowest BCUT2D eigenvalue weighted by Gasteiger charge is -2.19. The molecule has 1 heterocycles. The summed E-state index contributed by atoms with van der Waals surface area (Å²) in [6.07, 6.45) is -9.10. The molecule has 0 fully saturated rings. The molecule has 2 rings (SSSR count). The van der Waals surface area contributed by atoms with Crippen molar-refractivity contribution in [1.29, 1.82) is 0 Å². The van der Waals surface area contributed by atoms with Crippen LogP contribution in [0.25, 0.3) is 5.69 Å². The molecule has 1 aromatic heterocycles. The fraction of sp³-hybridized carbons (Fsp3) is 0.267. The van der Waals surface area contributed by atoms with Gasteiger partial charge in [-0.2, -0.15) is 31.4 Å². The number of carbonyl (C=O) groups excluding carboxylic acids is 1. The summed E-state index contributed by atoms with van der Waals surface area (Å²) >= 11 is 0. The van der Waals surface area contributed by atoms with Crippen molar-refractivity contribution in [3.63, 3.8) is 0 Å². The van der Waals surface area contributed by atoms with Crippen molar-refractivity contribution in [3.8, 4) is 5.69 Å². The molecule has 0 radical (unpaired) electrons. The van der Waals surface area contributed by atoms with E-state index in [4.69, 9.17) is 5.11 Å². The van der Waals surface area contributed by atoms with Crippen LogP contribution in [0, 0.1) is 0 Å². The summed E-state index contributed by atoms with van der Waals surface area (Å²) in [5, 5.41) is 12.3. The molecule has 0 aliphatic heterocycles. The van der Waals surface area contributed by atoms with Gasteiger partial charge in [-0.05, 0) is 24.3 Å². The molecule has 27 heavy (non-hydrogen) atoms. The molecule has 0 unspecified atom stereocenters. The van der Waals surface area contributed by atoms with Crippen LogP contribution in [0.3, 0.4) is 0 Å². The molecule has 1 amide bonds. The Bertz CT molecular complexity index is 855. The van der Waals surface area contributed by atoms with E-state index in [1.165, 1.54) is 0 Å². The fourth-order valence-electron chi connectivity index (χ4n) is 2.28. The number of carboxylic acid groups (broad SMARTS) is 1. The number of carboxylic acids is 1. The van der Waals surface area contributed by atoms with E-state index in [-0.39, 0.29) is 11.3 Å². The Labute approximate surface area is 147 Å². The average Bonchev–Trinajstić information content (AvgIpc) is 2.98. The molecule has 12 heteroatoms. The number of hydrogen-bond donors (Lipinski definition) is 1. The van der Waals surface area contributed by atoms with Gasteiger partial charge in [-0.3, -0.25) is 4.79 Å². The van der Waals surface area contributed by atoms with Gasteiger partial charge in [-0.15, -0.1) is 0 Å². The lowest BCUT2D eigenvalue weighted by molar-refractivity contribution is -0.143. The highest BCUT2D eigenvalue weighted by Crippen LogP contribution is 2.33. The average molecular weight is 395 g/mol. The van der Waals surface area contributed by atoms with Crippen LogP contribution < -0.4 is 0 Å². The number of hydrogen-bond acceptors (Lipinski definition) is 3. The molecule has 146 valence electrons. The van der Waals surface area contributed by atoms with Crippen molar-refractivity contribution < 1.29 is 41.0 Å². The number of nitrogens with zero attached hydrogens (tertiary/aromatic N) is 3. The number of halogens is 6. The van der Waals surface area contributed by atoms with Gasteiger partial charge >= 0.3 is 18.3 Å². The molecule has 0 bridgehead atoms. The largest absolute Gasteiger partial charge is 0.478 e. The molecule has 0 aliphatic rings. The predicted molar refractivity (Wildman–Crippen MR) is 78.5 cm³/mol. The second-order valence-electron chi connectivity index (χ2n) is 5.44. The summed E-state index contributed by atoms with van der Waals surface area (Å²) in [5.74, 6) is -2.81. The van der Waals surface area contributed by atoms with Crippen molar-refractivity contribution in [3.05, 3.63) is 47.3 Å². The first kappa shape index (κ1) is 20.3. The van der Waals surface area contributed by atoms with Crippen LogP contribution in [0.4, 0.5) is 26.3 Å². The highest BCUT2D eigenvalue weighted by atomic mass is 19.4. The van der Waals surface area contributed by atoms with Gasteiger partial charge in [0.1, 0.15) is 12.1 Å². The summed E-state index contributed by atoms with van der Waals surface area (Å²) in [6.45, 7) is -1.49. The van der Waals surface area contributed by atoms with Crippen molar-refractivity contribution in [2.75, 3.05) is 13.6 Å². The molecule has 0 saturated heterocycles. The summed E-state index contributed by atoms with van der Waals surface area (Å²) in [4.78, 5) is 23.3. The third kappa shape index (κ3) is 4.57. The van der Waals surface area contributed by atoms with E-state index < -0.39 is 42.0 Å². The normalized spacial score (nSPS) is 12.1.